The highest BCUT2D eigenvalue weighted by atomic mass is 35.5. The third kappa shape index (κ3) is 3.00. The van der Waals surface area contributed by atoms with E-state index in [1.807, 2.05) is 11.6 Å². The second kappa shape index (κ2) is 5.95. The van der Waals surface area contributed by atoms with Gasteiger partial charge in [-0.15, -0.1) is 0 Å². The second-order valence-corrected chi connectivity index (χ2v) is 4.48. The molecule has 0 aliphatic carbocycles. The molecule has 1 aromatic heterocycles. The Morgan fingerprint density at radius 2 is 2.21 bits per heavy atom. The number of methoxy groups -OCH3 is 1. The maximum Gasteiger partial charge on any atom is 0.167 e. The van der Waals surface area contributed by atoms with Gasteiger partial charge in [0.25, 0.3) is 0 Å². The van der Waals surface area contributed by atoms with E-state index in [1.54, 1.807) is 24.7 Å². The van der Waals surface area contributed by atoms with Gasteiger partial charge < -0.3 is 19.1 Å². The zero-order valence-corrected chi connectivity index (χ0v) is 11.5. The minimum absolute atomic E-state index is 0.169. The van der Waals surface area contributed by atoms with Crippen molar-refractivity contribution in [3.05, 3.63) is 40.9 Å². The summed E-state index contributed by atoms with van der Waals surface area (Å²) in [7, 11) is 3.42. The maximum atomic E-state index is 9.36. The molecular formula is C13H15ClN2O3. The molecule has 1 N–H and O–H groups in total. The molecule has 2 rings (SSSR count). The number of halogens is 1. The van der Waals surface area contributed by atoms with Crippen molar-refractivity contribution in [2.45, 2.75) is 13.2 Å². The first-order chi connectivity index (χ1) is 9.15. The van der Waals surface area contributed by atoms with Gasteiger partial charge in [0.1, 0.15) is 6.61 Å². The quantitative estimate of drug-likeness (QED) is 0.913. The predicted molar refractivity (Wildman–Crippen MR) is 71.5 cm³/mol. The Morgan fingerprint density at radius 1 is 1.42 bits per heavy atom. The molecular weight excluding hydrogens is 268 g/mol. The molecule has 5 nitrogen and oxygen atoms in total. The summed E-state index contributed by atoms with van der Waals surface area (Å²) in [4.78, 5) is 4.01. The van der Waals surface area contributed by atoms with Gasteiger partial charge in [-0.1, -0.05) is 11.6 Å². The van der Waals surface area contributed by atoms with Crippen LogP contribution in [0.25, 0.3) is 0 Å². The van der Waals surface area contributed by atoms with Gasteiger partial charge in [0.15, 0.2) is 11.5 Å². The number of imidazole rings is 1. The van der Waals surface area contributed by atoms with E-state index in [0.717, 1.165) is 5.69 Å². The number of aliphatic hydroxyl groups excluding tert-OH is 1. The van der Waals surface area contributed by atoms with E-state index in [9.17, 15) is 5.11 Å². The normalized spacial score (nSPS) is 10.5. The van der Waals surface area contributed by atoms with E-state index in [-0.39, 0.29) is 6.61 Å². The molecule has 0 aliphatic rings. The highest BCUT2D eigenvalue weighted by Crippen LogP contribution is 2.35. The van der Waals surface area contributed by atoms with Gasteiger partial charge in [-0.2, -0.15) is 0 Å². The van der Waals surface area contributed by atoms with E-state index in [1.165, 1.54) is 7.11 Å². The monoisotopic (exact) mass is 282 g/mol. The third-order valence-electron chi connectivity index (χ3n) is 2.77. The van der Waals surface area contributed by atoms with Crippen LogP contribution in [0.1, 0.15) is 11.3 Å². The van der Waals surface area contributed by atoms with Gasteiger partial charge in [0.2, 0.25) is 0 Å². The Balaban J connectivity index is 2.26. The minimum atomic E-state index is -0.169. The molecule has 0 atom stereocenters. The molecule has 6 heteroatoms. The smallest absolute Gasteiger partial charge is 0.167 e. The summed E-state index contributed by atoms with van der Waals surface area (Å²) in [5.74, 6) is 0.995. The molecule has 2 aromatic rings. The molecule has 102 valence electrons. The van der Waals surface area contributed by atoms with E-state index in [0.29, 0.717) is 28.7 Å². The van der Waals surface area contributed by atoms with Crippen molar-refractivity contribution in [1.82, 2.24) is 9.55 Å². The summed E-state index contributed by atoms with van der Waals surface area (Å²) in [6, 6.07) is 3.31. The lowest BCUT2D eigenvalue weighted by atomic mass is 10.2. The fourth-order valence-corrected chi connectivity index (χ4v) is 1.96. The van der Waals surface area contributed by atoms with E-state index >= 15 is 0 Å². The highest BCUT2D eigenvalue weighted by molar-refractivity contribution is 6.30. The van der Waals surface area contributed by atoms with Crippen LogP contribution in [-0.2, 0) is 20.3 Å². The van der Waals surface area contributed by atoms with Crippen molar-refractivity contribution in [3.63, 3.8) is 0 Å². The number of ether oxygens (including phenoxy) is 2. The second-order valence-electron chi connectivity index (χ2n) is 4.04. The number of rotatable bonds is 5. The van der Waals surface area contributed by atoms with Gasteiger partial charge in [-0.3, -0.25) is 0 Å². The molecule has 0 spiro atoms. The highest BCUT2D eigenvalue weighted by Gasteiger charge is 2.13. The lowest BCUT2D eigenvalue weighted by Gasteiger charge is -2.14. The number of hydrogen-bond donors (Lipinski definition) is 1. The van der Waals surface area contributed by atoms with Crippen LogP contribution in [0.15, 0.2) is 24.7 Å². The van der Waals surface area contributed by atoms with Crippen LogP contribution in [0.5, 0.6) is 11.5 Å². The first-order valence-electron chi connectivity index (χ1n) is 5.71. The summed E-state index contributed by atoms with van der Waals surface area (Å²) in [6.07, 6.45) is 3.42. The molecule has 0 amide bonds. The number of nitrogens with zero attached hydrogens (tertiary/aromatic N) is 2. The van der Waals surface area contributed by atoms with E-state index in [2.05, 4.69) is 4.98 Å². The van der Waals surface area contributed by atoms with Gasteiger partial charge >= 0.3 is 0 Å². The van der Waals surface area contributed by atoms with Crippen molar-refractivity contribution >= 4 is 11.6 Å². The van der Waals surface area contributed by atoms with Crippen molar-refractivity contribution in [2.75, 3.05) is 7.11 Å². The molecule has 0 unspecified atom stereocenters. The van der Waals surface area contributed by atoms with Gasteiger partial charge in [0, 0.05) is 23.7 Å². The minimum Gasteiger partial charge on any atom is -0.493 e. The summed E-state index contributed by atoms with van der Waals surface area (Å²) in [6.45, 7) is 0.166. The lowest BCUT2D eigenvalue weighted by molar-refractivity contribution is 0.246. The maximum absolute atomic E-state index is 9.36. The number of aliphatic hydroxyl groups is 1. The molecule has 19 heavy (non-hydrogen) atoms. The number of hydrogen-bond acceptors (Lipinski definition) is 4. The molecule has 0 saturated heterocycles. The molecule has 0 fully saturated rings. The zero-order valence-electron chi connectivity index (χ0n) is 10.8. The fourth-order valence-electron chi connectivity index (χ4n) is 1.73. The van der Waals surface area contributed by atoms with Crippen molar-refractivity contribution in [3.8, 4) is 11.5 Å². The number of aryl methyl sites for hydroxylation is 1. The lowest BCUT2D eigenvalue weighted by Crippen LogP contribution is -2.04. The third-order valence-corrected chi connectivity index (χ3v) is 2.99. The number of aromatic nitrogens is 2. The zero-order chi connectivity index (χ0) is 13.8. The standard InChI is InChI=1S/C13H15ClN2O3/c1-16-8-15-5-11(16)7-19-13-9(6-17)3-10(14)4-12(13)18-2/h3-5,8,17H,6-7H2,1-2H3. The Kier molecular flexibility index (Phi) is 4.29. The molecule has 0 aliphatic heterocycles. The average Bonchev–Trinajstić information content (AvgIpc) is 2.81. The van der Waals surface area contributed by atoms with Crippen molar-refractivity contribution in [2.24, 2.45) is 7.05 Å². The van der Waals surface area contributed by atoms with Gasteiger partial charge in [-0.05, 0) is 6.07 Å². The Morgan fingerprint density at radius 3 is 2.79 bits per heavy atom. The Labute approximate surface area is 116 Å². The van der Waals surface area contributed by atoms with Crippen LogP contribution >= 0.6 is 11.6 Å². The van der Waals surface area contributed by atoms with Gasteiger partial charge in [0.05, 0.1) is 31.9 Å². The van der Waals surface area contributed by atoms with Crippen LogP contribution in [-0.4, -0.2) is 21.8 Å². The fraction of sp³-hybridized carbons (Fsp3) is 0.308. The van der Waals surface area contributed by atoms with Crippen LogP contribution in [0.3, 0.4) is 0 Å². The summed E-state index contributed by atoms with van der Waals surface area (Å²) < 4.78 is 12.8. The largest absolute Gasteiger partial charge is 0.493 e. The first-order valence-corrected chi connectivity index (χ1v) is 6.08. The average molecular weight is 283 g/mol. The van der Waals surface area contributed by atoms with Crippen LogP contribution in [0, 0.1) is 0 Å². The molecule has 1 heterocycles. The summed E-state index contributed by atoms with van der Waals surface area (Å²) >= 11 is 5.94. The van der Waals surface area contributed by atoms with Crippen LogP contribution in [0.4, 0.5) is 0 Å². The summed E-state index contributed by atoms with van der Waals surface area (Å²) in [5.41, 5.74) is 1.51. The molecule has 0 saturated carbocycles. The van der Waals surface area contributed by atoms with Gasteiger partial charge in [-0.25, -0.2) is 4.98 Å². The van der Waals surface area contributed by atoms with Crippen molar-refractivity contribution < 1.29 is 14.6 Å². The molecule has 0 radical (unpaired) electrons. The van der Waals surface area contributed by atoms with Crippen LogP contribution in [0.2, 0.25) is 5.02 Å². The molecule has 0 bridgehead atoms. The first kappa shape index (κ1) is 13.7. The Bertz CT molecular complexity index is 544. The SMILES string of the molecule is COc1cc(Cl)cc(CO)c1OCc1cncn1C. The number of benzene rings is 1. The Hall–Kier alpha value is -1.72. The molecule has 1 aromatic carbocycles. The summed E-state index contributed by atoms with van der Waals surface area (Å²) in [5, 5.41) is 9.86. The van der Waals surface area contributed by atoms with E-state index in [4.69, 9.17) is 21.1 Å². The van der Waals surface area contributed by atoms with E-state index < -0.39 is 0 Å². The van der Waals surface area contributed by atoms with Crippen molar-refractivity contribution in [1.29, 1.82) is 0 Å². The predicted octanol–water partition coefficient (Wildman–Crippen LogP) is 2.15. The van der Waals surface area contributed by atoms with Crippen LogP contribution < -0.4 is 9.47 Å². The topological polar surface area (TPSA) is 56.5 Å².